The summed E-state index contributed by atoms with van der Waals surface area (Å²) in [5.74, 6) is 0.844. The van der Waals surface area contributed by atoms with Crippen molar-refractivity contribution < 1.29 is 4.42 Å². The maximum absolute atomic E-state index is 6.52. The molecule has 9 rings (SSSR count). The van der Waals surface area contributed by atoms with Crippen LogP contribution in [0.4, 0.5) is 34.1 Å². The fourth-order valence-electron chi connectivity index (χ4n) is 7.69. The van der Waals surface area contributed by atoms with Gasteiger partial charge < -0.3 is 14.2 Å². The quantitative estimate of drug-likeness (QED) is 0.167. The number of hydrogen-bond acceptors (Lipinski definition) is 3. The Morgan fingerprint density at radius 3 is 1.34 bits per heavy atom. The minimum absolute atomic E-state index is 0.844. The lowest BCUT2D eigenvalue weighted by Gasteiger charge is -2.27. The van der Waals surface area contributed by atoms with Crippen LogP contribution in [-0.2, 0) is 0 Å². The van der Waals surface area contributed by atoms with Crippen LogP contribution in [0.15, 0.2) is 174 Å². The van der Waals surface area contributed by atoms with E-state index in [4.69, 9.17) is 4.42 Å². The molecule has 8 aromatic carbocycles. The lowest BCUT2D eigenvalue weighted by Crippen LogP contribution is -2.11. The lowest BCUT2D eigenvalue weighted by atomic mass is 10.0. The summed E-state index contributed by atoms with van der Waals surface area (Å²) in [6, 6.07) is 61.2. The minimum Gasteiger partial charge on any atom is -0.456 e. The van der Waals surface area contributed by atoms with Gasteiger partial charge in [-0.25, -0.2) is 0 Å². The molecule has 9 aromatic rings. The molecule has 0 saturated heterocycles. The van der Waals surface area contributed by atoms with Crippen molar-refractivity contribution in [2.45, 2.75) is 27.7 Å². The standard InChI is InChI=1S/C50H40N2O/c1-33-13-24-47(35(3)27-33)51(44-21-15-37-9-5-7-11-40(37)29-44)43-19-17-39(18-20-43)50-32-42-31-46(23-26-49(42)53-50)52(48-25-14-34(2)28-36(48)4)45-22-16-38-10-6-8-12-41(38)30-45/h5-32H,1-4H3. The van der Waals surface area contributed by atoms with E-state index in [-0.39, 0.29) is 0 Å². The van der Waals surface area contributed by atoms with Gasteiger partial charge in [-0.05, 0) is 145 Å². The summed E-state index contributed by atoms with van der Waals surface area (Å²) in [4.78, 5) is 4.71. The van der Waals surface area contributed by atoms with Crippen LogP contribution in [-0.4, -0.2) is 0 Å². The maximum atomic E-state index is 6.52. The third kappa shape index (κ3) is 6.11. The lowest BCUT2D eigenvalue weighted by molar-refractivity contribution is 0.631. The molecule has 3 heteroatoms. The number of benzene rings is 8. The zero-order valence-corrected chi connectivity index (χ0v) is 30.5. The predicted octanol–water partition coefficient (Wildman–Crippen LogP) is 14.6. The zero-order chi connectivity index (χ0) is 36.1. The Bertz CT molecular complexity index is 2790. The molecule has 0 saturated carbocycles. The van der Waals surface area contributed by atoms with Crippen LogP contribution in [0.1, 0.15) is 22.3 Å². The maximum Gasteiger partial charge on any atom is 0.135 e. The third-order valence-corrected chi connectivity index (χ3v) is 10.3. The van der Waals surface area contributed by atoms with Gasteiger partial charge in [-0.1, -0.05) is 96.1 Å². The van der Waals surface area contributed by atoms with E-state index in [0.717, 1.165) is 56.4 Å². The normalized spacial score (nSPS) is 11.4. The molecule has 0 radical (unpaired) electrons. The second-order valence-electron chi connectivity index (χ2n) is 14.2. The summed E-state index contributed by atoms with van der Waals surface area (Å²) in [5.41, 5.74) is 13.6. The molecule has 0 aliphatic carbocycles. The Morgan fingerprint density at radius 2 is 0.811 bits per heavy atom. The van der Waals surface area contributed by atoms with Crippen molar-refractivity contribution in [1.82, 2.24) is 0 Å². The highest BCUT2D eigenvalue weighted by Crippen LogP contribution is 2.42. The Morgan fingerprint density at radius 1 is 0.358 bits per heavy atom. The summed E-state index contributed by atoms with van der Waals surface area (Å²) < 4.78 is 6.52. The van der Waals surface area contributed by atoms with E-state index in [1.54, 1.807) is 0 Å². The number of rotatable bonds is 7. The Balaban J connectivity index is 1.10. The molecule has 0 bridgehead atoms. The SMILES string of the molecule is Cc1ccc(N(c2ccc(-c3cc4cc(N(c5ccc6ccccc6c5)c5ccc(C)cc5C)ccc4o3)cc2)c2ccc3ccccc3c2)c(C)c1. The summed E-state index contributed by atoms with van der Waals surface area (Å²) in [6.07, 6.45) is 0. The highest BCUT2D eigenvalue weighted by Gasteiger charge is 2.19. The van der Waals surface area contributed by atoms with Gasteiger partial charge in [0.2, 0.25) is 0 Å². The molecule has 1 aromatic heterocycles. The molecule has 1 heterocycles. The number of furan rings is 1. The zero-order valence-electron chi connectivity index (χ0n) is 30.5. The van der Waals surface area contributed by atoms with E-state index < -0.39 is 0 Å². The summed E-state index contributed by atoms with van der Waals surface area (Å²) in [6.45, 7) is 8.67. The van der Waals surface area contributed by atoms with Gasteiger partial charge in [0, 0.05) is 45.1 Å². The average molecular weight is 685 g/mol. The van der Waals surface area contributed by atoms with Gasteiger partial charge in [-0.3, -0.25) is 0 Å². The molecule has 0 unspecified atom stereocenters. The van der Waals surface area contributed by atoms with E-state index in [9.17, 15) is 0 Å². The molecular weight excluding hydrogens is 645 g/mol. The molecule has 3 nitrogen and oxygen atoms in total. The van der Waals surface area contributed by atoms with Gasteiger partial charge in [-0.2, -0.15) is 0 Å². The molecule has 0 fully saturated rings. The number of aryl methyl sites for hydroxylation is 4. The molecule has 0 N–H and O–H groups in total. The van der Waals surface area contributed by atoms with Gasteiger partial charge in [0.1, 0.15) is 11.3 Å². The van der Waals surface area contributed by atoms with E-state index in [2.05, 4.69) is 207 Å². The van der Waals surface area contributed by atoms with Gasteiger partial charge in [0.25, 0.3) is 0 Å². The van der Waals surface area contributed by atoms with E-state index in [1.807, 2.05) is 0 Å². The van der Waals surface area contributed by atoms with Crippen molar-refractivity contribution in [3.8, 4) is 11.3 Å². The van der Waals surface area contributed by atoms with E-state index >= 15 is 0 Å². The van der Waals surface area contributed by atoms with Crippen LogP contribution in [0.2, 0.25) is 0 Å². The summed E-state index contributed by atoms with van der Waals surface area (Å²) in [7, 11) is 0. The first kappa shape index (κ1) is 32.3. The highest BCUT2D eigenvalue weighted by atomic mass is 16.3. The molecule has 0 atom stereocenters. The van der Waals surface area contributed by atoms with Crippen LogP contribution in [0.25, 0.3) is 43.8 Å². The van der Waals surface area contributed by atoms with Crippen molar-refractivity contribution in [3.05, 3.63) is 192 Å². The Hall–Kier alpha value is -6.58. The second kappa shape index (κ2) is 13.2. The molecule has 0 aliphatic heterocycles. The first-order valence-corrected chi connectivity index (χ1v) is 18.2. The van der Waals surface area contributed by atoms with E-state index in [1.165, 1.54) is 43.8 Å². The number of fused-ring (bicyclic) bond motifs is 3. The van der Waals surface area contributed by atoms with Gasteiger partial charge in [0.15, 0.2) is 0 Å². The number of hydrogen-bond donors (Lipinski definition) is 0. The van der Waals surface area contributed by atoms with Crippen LogP contribution >= 0.6 is 0 Å². The predicted molar refractivity (Wildman–Crippen MR) is 225 cm³/mol. The van der Waals surface area contributed by atoms with Crippen LogP contribution in [0.5, 0.6) is 0 Å². The van der Waals surface area contributed by atoms with Gasteiger partial charge in [0.05, 0.1) is 0 Å². The second-order valence-corrected chi connectivity index (χ2v) is 14.2. The average Bonchev–Trinajstić information content (AvgIpc) is 3.61. The van der Waals surface area contributed by atoms with Crippen molar-refractivity contribution in [1.29, 1.82) is 0 Å². The number of anilines is 6. The summed E-state index contributed by atoms with van der Waals surface area (Å²) in [5, 5.41) is 5.95. The first-order valence-electron chi connectivity index (χ1n) is 18.2. The largest absolute Gasteiger partial charge is 0.456 e. The third-order valence-electron chi connectivity index (χ3n) is 10.3. The molecular formula is C50H40N2O. The molecule has 0 amide bonds. The van der Waals surface area contributed by atoms with Crippen LogP contribution < -0.4 is 9.80 Å². The molecule has 256 valence electrons. The first-order chi connectivity index (χ1) is 25.9. The van der Waals surface area contributed by atoms with Crippen LogP contribution in [0, 0.1) is 27.7 Å². The molecule has 53 heavy (non-hydrogen) atoms. The van der Waals surface area contributed by atoms with Crippen molar-refractivity contribution in [2.24, 2.45) is 0 Å². The van der Waals surface area contributed by atoms with Crippen molar-refractivity contribution >= 4 is 66.6 Å². The molecule has 0 aliphatic rings. The van der Waals surface area contributed by atoms with Crippen molar-refractivity contribution in [2.75, 3.05) is 9.80 Å². The van der Waals surface area contributed by atoms with Gasteiger partial charge in [-0.15, -0.1) is 0 Å². The fourth-order valence-corrected chi connectivity index (χ4v) is 7.69. The Labute approximate surface area is 311 Å². The summed E-state index contributed by atoms with van der Waals surface area (Å²) >= 11 is 0. The van der Waals surface area contributed by atoms with Crippen molar-refractivity contribution in [3.63, 3.8) is 0 Å². The fraction of sp³-hybridized carbons (Fsp3) is 0.0800. The Kier molecular flexibility index (Phi) is 8.05. The topological polar surface area (TPSA) is 19.6 Å². The highest BCUT2D eigenvalue weighted by molar-refractivity contribution is 5.94. The van der Waals surface area contributed by atoms with Crippen LogP contribution in [0.3, 0.4) is 0 Å². The van der Waals surface area contributed by atoms with Gasteiger partial charge >= 0.3 is 0 Å². The monoisotopic (exact) mass is 684 g/mol. The molecule has 0 spiro atoms. The van der Waals surface area contributed by atoms with E-state index in [0.29, 0.717) is 0 Å². The minimum atomic E-state index is 0.844. The number of nitrogens with zero attached hydrogens (tertiary/aromatic N) is 2. The smallest absolute Gasteiger partial charge is 0.135 e.